The van der Waals surface area contributed by atoms with Crippen LogP contribution in [0.25, 0.3) is 0 Å². The average molecular weight is 382 g/mol. The van der Waals surface area contributed by atoms with Gasteiger partial charge >= 0.3 is 11.8 Å². The lowest BCUT2D eigenvalue weighted by molar-refractivity contribution is -0.117. The molecule has 0 aliphatic heterocycles. The highest BCUT2D eigenvalue weighted by Gasteiger charge is 2.35. The molecule has 4 rings (SSSR count). The number of carbonyl (C=O) groups excluding carboxylic acids is 2. The van der Waals surface area contributed by atoms with Crippen molar-refractivity contribution in [2.75, 3.05) is 6.54 Å². The number of ether oxygens (including phenoxy) is 1. The topological polar surface area (TPSA) is 120 Å². The normalized spacial score (nSPS) is 22.4. The molecule has 3 atom stereocenters. The summed E-state index contributed by atoms with van der Waals surface area (Å²) in [5.41, 5.74) is 5.97. The largest absolute Gasteiger partial charge is 0.485 e. The minimum atomic E-state index is -0.386. The van der Waals surface area contributed by atoms with Crippen molar-refractivity contribution in [1.82, 2.24) is 15.5 Å². The monoisotopic (exact) mass is 382 g/mol. The molecule has 2 amide bonds. The number of nitrogens with two attached hydrogens (primary N) is 1. The smallest absolute Gasteiger partial charge is 0.316 e. The molecular weight excluding hydrogens is 360 g/mol. The van der Waals surface area contributed by atoms with Gasteiger partial charge in [-0.3, -0.25) is 9.59 Å². The third-order valence-corrected chi connectivity index (χ3v) is 5.27. The number of nitrogens with zero attached hydrogens (tertiary/aromatic N) is 2. The van der Waals surface area contributed by atoms with Gasteiger partial charge < -0.3 is 20.3 Å². The molecule has 0 spiro atoms. The van der Waals surface area contributed by atoms with E-state index in [2.05, 4.69) is 27.6 Å². The highest BCUT2D eigenvalue weighted by atomic mass is 16.5. The number of nitrogens with one attached hydrogen (secondary N) is 1. The third-order valence-electron chi connectivity index (χ3n) is 5.27. The van der Waals surface area contributed by atoms with Crippen molar-refractivity contribution in [1.29, 1.82) is 0 Å². The van der Waals surface area contributed by atoms with E-state index in [0.29, 0.717) is 30.0 Å². The molecule has 1 saturated carbocycles. The Morgan fingerprint density at radius 1 is 1.21 bits per heavy atom. The summed E-state index contributed by atoms with van der Waals surface area (Å²) in [4.78, 5) is 27.2. The molecule has 146 valence electrons. The van der Waals surface area contributed by atoms with Crippen molar-refractivity contribution in [3.05, 3.63) is 53.7 Å². The molecule has 0 saturated heterocycles. The van der Waals surface area contributed by atoms with Crippen molar-refractivity contribution >= 4 is 11.8 Å². The van der Waals surface area contributed by atoms with Crippen molar-refractivity contribution < 1.29 is 18.8 Å². The van der Waals surface area contributed by atoms with Gasteiger partial charge in [-0.2, -0.15) is 4.98 Å². The third kappa shape index (κ3) is 4.21. The Morgan fingerprint density at radius 2 is 2.04 bits per heavy atom. The molecule has 2 aromatic rings. The zero-order valence-electron chi connectivity index (χ0n) is 15.3. The Kier molecular flexibility index (Phi) is 5.10. The molecule has 1 fully saturated rings. The second-order valence-corrected chi connectivity index (χ2v) is 7.34. The van der Waals surface area contributed by atoms with E-state index in [1.807, 2.05) is 0 Å². The molecule has 8 nitrogen and oxygen atoms in total. The number of hydrogen-bond acceptors (Lipinski definition) is 6. The van der Waals surface area contributed by atoms with Crippen LogP contribution in [0, 0.1) is 17.8 Å². The van der Waals surface area contributed by atoms with Crippen LogP contribution in [-0.4, -0.2) is 28.5 Å². The minimum absolute atomic E-state index is 0.0610. The molecule has 2 bridgehead atoms. The molecule has 2 aliphatic rings. The lowest BCUT2D eigenvalue weighted by Crippen LogP contribution is -2.31. The summed E-state index contributed by atoms with van der Waals surface area (Å²) < 4.78 is 10.6. The van der Waals surface area contributed by atoms with Gasteiger partial charge in [0.2, 0.25) is 11.7 Å². The van der Waals surface area contributed by atoms with Gasteiger partial charge in [0.25, 0.3) is 0 Å². The highest BCUT2D eigenvalue weighted by Crippen LogP contribution is 2.42. The second kappa shape index (κ2) is 7.84. The summed E-state index contributed by atoms with van der Waals surface area (Å²) in [6.07, 6.45) is 7.04. The van der Waals surface area contributed by atoms with Crippen LogP contribution < -0.4 is 15.8 Å². The number of rotatable bonds is 8. The first-order chi connectivity index (χ1) is 13.6. The molecule has 8 heteroatoms. The summed E-state index contributed by atoms with van der Waals surface area (Å²) in [5.74, 6) is 1.80. The van der Waals surface area contributed by atoms with Gasteiger partial charge in [0.15, 0.2) is 6.61 Å². The number of hydrogen-bond donors (Lipinski definition) is 2. The molecule has 3 N–H and O–H groups in total. The Labute approximate surface area is 162 Å². The summed E-state index contributed by atoms with van der Waals surface area (Å²) in [5, 5.41) is 6.67. The van der Waals surface area contributed by atoms with E-state index in [1.165, 1.54) is 6.42 Å². The van der Waals surface area contributed by atoms with Crippen LogP contribution in [0.2, 0.25) is 0 Å². The first-order valence-electron chi connectivity index (χ1n) is 9.36. The van der Waals surface area contributed by atoms with Crippen LogP contribution in [0.1, 0.15) is 34.9 Å². The maximum Gasteiger partial charge on any atom is 0.316 e. The number of benzene rings is 1. The summed E-state index contributed by atoms with van der Waals surface area (Å²) in [7, 11) is 0. The molecule has 0 unspecified atom stereocenters. The van der Waals surface area contributed by atoms with Gasteiger partial charge in [-0.15, -0.1) is 0 Å². The molecule has 1 aromatic heterocycles. The predicted molar refractivity (Wildman–Crippen MR) is 99.1 cm³/mol. The quantitative estimate of drug-likeness (QED) is 0.669. The molecule has 1 aromatic carbocycles. The van der Waals surface area contributed by atoms with Crippen LogP contribution >= 0.6 is 0 Å². The lowest BCUT2D eigenvalue weighted by Gasteiger charge is -2.17. The fourth-order valence-electron chi connectivity index (χ4n) is 3.89. The van der Waals surface area contributed by atoms with Crippen molar-refractivity contribution in [2.24, 2.45) is 23.5 Å². The van der Waals surface area contributed by atoms with E-state index < -0.39 is 0 Å². The standard InChI is InChI=1S/C20H22N4O4/c21-17(25)9-12-2-5-16(6-3-12)27-11-18-23-20(28-24-18)19(26)22-10-15-8-13-1-4-14(15)7-13/h1-6,13-15H,7-11H2,(H2,21,25)(H,22,26)/t13-,14-,15+/m0/s1. The SMILES string of the molecule is NC(=O)Cc1ccc(OCc2noc(C(=O)NC[C@H]3C[C@H]4C=C[C@H]3C4)n2)cc1. The van der Waals surface area contributed by atoms with Gasteiger partial charge in [-0.05, 0) is 48.3 Å². The van der Waals surface area contributed by atoms with Gasteiger partial charge in [-0.25, -0.2) is 0 Å². The highest BCUT2D eigenvalue weighted by molar-refractivity contribution is 5.89. The van der Waals surface area contributed by atoms with E-state index >= 15 is 0 Å². The summed E-state index contributed by atoms with van der Waals surface area (Å²) in [6, 6.07) is 6.99. The average Bonchev–Trinajstić information content (AvgIpc) is 3.42. The van der Waals surface area contributed by atoms with Crippen molar-refractivity contribution in [2.45, 2.75) is 25.9 Å². The molecule has 1 heterocycles. The van der Waals surface area contributed by atoms with Gasteiger partial charge in [0, 0.05) is 6.54 Å². The van der Waals surface area contributed by atoms with E-state index in [0.717, 1.165) is 12.0 Å². The maximum atomic E-state index is 12.2. The predicted octanol–water partition coefficient (Wildman–Crippen LogP) is 1.62. The molecule has 2 aliphatic carbocycles. The first kappa shape index (κ1) is 18.2. The van der Waals surface area contributed by atoms with Gasteiger partial charge in [-0.1, -0.05) is 29.4 Å². The van der Waals surface area contributed by atoms with Crippen LogP contribution in [0.15, 0.2) is 40.9 Å². The Morgan fingerprint density at radius 3 is 2.71 bits per heavy atom. The Hall–Kier alpha value is -3.16. The number of fused-ring (bicyclic) bond motifs is 2. The van der Waals surface area contributed by atoms with E-state index in [9.17, 15) is 9.59 Å². The van der Waals surface area contributed by atoms with E-state index in [4.69, 9.17) is 15.0 Å². The fraction of sp³-hybridized carbons (Fsp3) is 0.400. The number of amides is 2. The van der Waals surface area contributed by atoms with Gasteiger partial charge in [0.05, 0.1) is 6.42 Å². The summed E-state index contributed by atoms with van der Waals surface area (Å²) >= 11 is 0. The van der Waals surface area contributed by atoms with Crippen molar-refractivity contribution in [3.63, 3.8) is 0 Å². The molecular formula is C20H22N4O4. The fourth-order valence-corrected chi connectivity index (χ4v) is 3.89. The Balaban J connectivity index is 1.25. The zero-order chi connectivity index (χ0) is 19.5. The van der Waals surface area contributed by atoms with E-state index in [-0.39, 0.29) is 36.6 Å². The molecule has 0 radical (unpaired) electrons. The van der Waals surface area contributed by atoms with Crippen LogP contribution in [0.3, 0.4) is 0 Å². The number of carbonyl (C=O) groups is 2. The number of aromatic nitrogens is 2. The Bertz CT molecular complexity index is 890. The number of allylic oxidation sites excluding steroid dienone is 2. The number of primary amides is 1. The van der Waals surface area contributed by atoms with Gasteiger partial charge in [0.1, 0.15) is 5.75 Å². The second-order valence-electron chi connectivity index (χ2n) is 7.34. The van der Waals surface area contributed by atoms with Crippen LogP contribution in [-0.2, 0) is 17.8 Å². The minimum Gasteiger partial charge on any atom is -0.485 e. The maximum absolute atomic E-state index is 12.2. The van der Waals surface area contributed by atoms with E-state index in [1.54, 1.807) is 24.3 Å². The van der Waals surface area contributed by atoms with Crippen LogP contribution in [0.4, 0.5) is 0 Å². The first-order valence-corrected chi connectivity index (χ1v) is 9.36. The zero-order valence-corrected chi connectivity index (χ0v) is 15.3. The van der Waals surface area contributed by atoms with Crippen LogP contribution in [0.5, 0.6) is 5.75 Å². The molecule has 28 heavy (non-hydrogen) atoms. The van der Waals surface area contributed by atoms with Crippen molar-refractivity contribution in [3.8, 4) is 5.75 Å². The summed E-state index contributed by atoms with van der Waals surface area (Å²) in [6.45, 7) is 0.694. The lowest BCUT2D eigenvalue weighted by atomic mass is 9.94.